The van der Waals surface area contributed by atoms with Gasteiger partial charge in [-0.2, -0.15) is 5.06 Å². The van der Waals surface area contributed by atoms with Crippen LogP contribution in [0.5, 0.6) is 0 Å². The molecular formula is C18H22N2O3Si. The fourth-order valence-corrected chi connectivity index (χ4v) is 3.45. The van der Waals surface area contributed by atoms with E-state index in [9.17, 15) is 9.59 Å². The van der Waals surface area contributed by atoms with E-state index in [4.69, 9.17) is 10.3 Å². The van der Waals surface area contributed by atoms with Crippen LogP contribution < -0.4 is 5.73 Å². The molecule has 0 atom stereocenters. The number of nitrogens with zero attached hydrogens (tertiary/aromatic N) is 1. The van der Waals surface area contributed by atoms with Crippen LogP contribution in [0.2, 0.25) is 18.1 Å². The Kier molecular flexibility index (Phi) is 3.58. The standard InChI is InChI=1S/C18H22N2O3Si/c1-18(2,3)24(4,5)23-20-16(21)13-8-6-7-11-9-12(19)10-14(15(11)13)17(20)22/h6-10H,19H2,1-5H3. The Labute approximate surface area is 142 Å². The van der Waals surface area contributed by atoms with Crippen LogP contribution in [0.15, 0.2) is 30.3 Å². The average Bonchev–Trinajstić information content (AvgIpc) is 2.47. The second kappa shape index (κ2) is 5.16. The Morgan fingerprint density at radius 3 is 2.29 bits per heavy atom. The van der Waals surface area contributed by atoms with Gasteiger partial charge in [0, 0.05) is 11.1 Å². The van der Waals surface area contributed by atoms with Crippen molar-refractivity contribution < 1.29 is 14.1 Å². The second-order valence-corrected chi connectivity index (χ2v) is 12.4. The van der Waals surface area contributed by atoms with Gasteiger partial charge in [-0.3, -0.25) is 9.59 Å². The van der Waals surface area contributed by atoms with Crippen molar-refractivity contribution in [2.75, 3.05) is 5.73 Å². The lowest BCUT2D eigenvalue weighted by atomic mass is 9.94. The fraction of sp³-hybridized carbons (Fsp3) is 0.333. The first-order chi connectivity index (χ1) is 11.0. The molecule has 2 N–H and O–H groups in total. The van der Waals surface area contributed by atoms with Crippen LogP contribution in [0.4, 0.5) is 5.69 Å². The summed E-state index contributed by atoms with van der Waals surface area (Å²) in [6.45, 7) is 10.2. The number of nitrogens with two attached hydrogens (primary N) is 1. The van der Waals surface area contributed by atoms with Crippen molar-refractivity contribution in [1.29, 1.82) is 0 Å². The number of hydroxylamine groups is 2. The van der Waals surface area contributed by atoms with E-state index in [1.165, 1.54) is 0 Å². The van der Waals surface area contributed by atoms with Crippen LogP contribution >= 0.6 is 0 Å². The van der Waals surface area contributed by atoms with Gasteiger partial charge >= 0.3 is 0 Å². The molecule has 2 amide bonds. The lowest BCUT2D eigenvalue weighted by Crippen LogP contribution is -2.51. The van der Waals surface area contributed by atoms with Gasteiger partial charge in [-0.15, -0.1) is 0 Å². The molecule has 0 bridgehead atoms. The minimum atomic E-state index is -2.34. The Hall–Kier alpha value is -2.18. The Bertz CT molecular complexity index is 868. The largest absolute Gasteiger partial charge is 0.399 e. The minimum absolute atomic E-state index is 0.129. The molecule has 2 aromatic rings. The summed E-state index contributed by atoms with van der Waals surface area (Å²) in [7, 11) is -2.34. The Morgan fingerprint density at radius 1 is 1.04 bits per heavy atom. The van der Waals surface area contributed by atoms with E-state index in [2.05, 4.69) is 20.8 Å². The van der Waals surface area contributed by atoms with Crippen molar-refractivity contribution in [3.63, 3.8) is 0 Å². The maximum Gasteiger partial charge on any atom is 0.284 e. The topological polar surface area (TPSA) is 72.6 Å². The third kappa shape index (κ3) is 2.42. The fourth-order valence-electron chi connectivity index (χ4n) is 2.56. The zero-order valence-corrected chi connectivity index (χ0v) is 15.6. The van der Waals surface area contributed by atoms with E-state index in [0.717, 1.165) is 10.4 Å². The number of carbonyl (C=O) groups excluding carboxylic acids is 2. The molecular weight excluding hydrogens is 320 g/mol. The molecule has 126 valence electrons. The van der Waals surface area contributed by atoms with Crippen molar-refractivity contribution in [2.24, 2.45) is 0 Å². The predicted octanol–water partition coefficient (Wildman–Crippen LogP) is 3.95. The monoisotopic (exact) mass is 342 g/mol. The normalized spacial score (nSPS) is 15.3. The highest BCUT2D eigenvalue weighted by molar-refractivity contribution is 6.74. The molecule has 0 spiro atoms. The van der Waals surface area contributed by atoms with Gasteiger partial charge in [-0.05, 0) is 41.7 Å². The predicted molar refractivity (Wildman–Crippen MR) is 97.1 cm³/mol. The van der Waals surface area contributed by atoms with E-state index in [0.29, 0.717) is 22.2 Å². The SMILES string of the molecule is CC(C)(C)[Si](C)(C)ON1C(=O)c2cccc3cc(N)cc(c23)C1=O. The number of hydrogen-bond acceptors (Lipinski definition) is 4. The van der Waals surface area contributed by atoms with Crippen LogP contribution in [0.1, 0.15) is 41.5 Å². The maximum absolute atomic E-state index is 12.9. The van der Waals surface area contributed by atoms with E-state index in [1.54, 1.807) is 24.3 Å². The number of rotatable bonds is 2. The van der Waals surface area contributed by atoms with Crippen molar-refractivity contribution in [2.45, 2.75) is 38.9 Å². The molecule has 6 heteroatoms. The van der Waals surface area contributed by atoms with Crippen LogP contribution in [-0.4, -0.2) is 25.2 Å². The van der Waals surface area contributed by atoms with Crippen LogP contribution in [0, 0.1) is 0 Å². The van der Waals surface area contributed by atoms with Gasteiger partial charge in [-0.1, -0.05) is 32.9 Å². The van der Waals surface area contributed by atoms with Gasteiger partial charge in [0.25, 0.3) is 11.8 Å². The highest BCUT2D eigenvalue weighted by Crippen LogP contribution is 2.39. The molecule has 1 aliphatic rings. The van der Waals surface area contributed by atoms with Crippen LogP contribution in [0.25, 0.3) is 10.8 Å². The molecule has 2 aromatic carbocycles. The molecule has 1 heterocycles. The van der Waals surface area contributed by atoms with Crippen LogP contribution in [-0.2, 0) is 4.53 Å². The molecule has 0 aliphatic carbocycles. The number of amides is 2. The Balaban J connectivity index is 2.15. The first kappa shape index (κ1) is 16.7. The maximum atomic E-state index is 12.9. The Morgan fingerprint density at radius 2 is 1.67 bits per heavy atom. The van der Waals surface area contributed by atoms with Gasteiger partial charge in [0.2, 0.25) is 8.32 Å². The number of imide groups is 1. The molecule has 0 saturated carbocycles. The summed E-state index contributed by atoms with van der Waals surface area (Å²) in [4.78, 5) is 25.8. The van der Waals surface area contributed by atoms with Gasteiger partial charge in [0.05, 0.1) is 11.1 Å². The van der Waals surface area contributed by atoms with Gasteiger partial charge in [-0.25, -0.2) is 0 Å². The van der Waals surface area contributed by atoms with Crippen molar-refractivity contribution in [1.82, 2.24) is 5.06 Å². The van der Waals surface area contributed by atoms with Crippen molar-refractivity contribution >= 4 is 36.6 Å². The van der Waals surface area contributed by atoms with E-state index < -0.39 is 20.1 Å². The number of benzene rings is 2. The third-order valence-corrected chi connectivity index (χ3v) is 9.21. The zero-order chi connectivity index (χ0) is 17.9. The zero-order valence-electron chi connectivity index (χ0n) is 14.6. The van der Waals surface area contributed by atoms with Gasteiger partial charge < -0.3 is 10.3 Å². The number of carbonyl (C=O) groups is 2. The summed E-state index contributed by atoms with van der Waals surface area (Å²) in [5.74, 6) is -0.853. The summed E-state index contributed by atoms with van der Waals surface area (Å²) in [5.41, 5.74) is 7.30. The van der Waals surface area contributed by atoms with E-state index in [1.807, 2.05) is 19.2 Å². The average molecular weight is 342 g/mol. The molecule has 5 nitrogen and oxygen atoms in total. The van der Waals surface area contributed by atoms with Crippen molar-refractivity contribution in [3.05, 3.63) is 41.5 Å². The summed E-state index contributed by atoms with van der Waals surface area (Å²) in [6, 6.07) is 8.75. The number of hydrogen-bond donors (Lipinski definition) is 1. The first-order valence-electron chi connectivity index (χ1n) is 7.93. The molecule has 0 unspecified atom stereocenters. The molecule has 0 aromatic heterocycles. The minimum Gasteiger partial charge on any atom is -0.399 e. The highest BCUT2D eigenvalue weighted by Gasteiger charge is 2.44. The van der Waals surface area contributed by atoms with E-state index in [-0.39, 0.29) is 5.04 Å². The molecule has 0 radical (unpaired) electrons. The summed E-state index contributed by atoms with van der Waals surface area (Å²) < 4.78 is 6.03. The first-order valence-corrected chi connectivity index (χ1v) is 10.8. The van der Waals surface area contributed by atoms with Crippen molar-refractivity contribution in [3.8, 4) is 0 Å². The lowest BCUT2D eigenvalue weighted by molar-refractivity contribution is -0.0280. The highest BCUT2D eigenvalue weighted by atomic mass is 28.4. The second-order valence-electron chi connectivity index (χ2n) is 7.73. The summed E-state index contributed by atoms with van der Waals surface area (Å²) in [5, 5.41) is 2.25. The summed E-state index contributed by atoms with van der Waals surface area (Å²) >= 11 is 0. The molecule has 24 heavy (non-hydrogen) atoms. The number of nitrogen functional groups attached to an aromatic ring is 1. The van der Waals surface area contributed by atoms with E-state index >= 15 is 0 Å². The lowest BCUT2D eigenvalue weighted by Gasteiger charge is -2.39. The third-order valence-electron chi connectivity index (χ3n) is 4.95. The molecule has 1 aliphatic heterocycles. The number of anilines is 1. The smallest absolute Gasteiger partial charge is 0.284 e. The summed E-state index contributed by atoms with van der Waals surface area (Å²) in [6.07, 6.45) is 0. The molecule has 0 fully saturated rings. The van der Waals surface area contributed by atoms with Gasteiger partial charge in [0.1, 0.15) is 0 Å². The van der Waals surface area contributed by atoms with Crippen LogP contribution in [0.3, 0.4) is 0 Å². The quantitative estimate of drug-likeness (QED) is 0.509. The molecule has 3 rings (SSSR count). The molecule has 0 saturated heterocycles. The van der Waals surface area contributed by atoms with Gasteiger partial charge in [0.15, 0.2) is 0 Å².